The van der Waals surface area contributed by atoms with Crippen molar-refractivity contribution < 1.29 is 14.6 Å². The maximum Gasteiger partial charge on any atom is 0.306 e. The summed E-state index contributed by atoms with van der Waals surface area (Å²) in [6.45, 7) is 5.00. The first-order valence-electron chi connectivity index (χ1n) is 10.8. The monoisotopic (exact) mass is 346 g/mol. The molecule has 0 amide bonds. The van der Waals surface area contributed by atoms with Gasteiger partial charge in [0.1, 0.15) is 5.60 Å². The molecule has 0 aromatic rings. The predicted molar refractivity (Wildman–Crippen MR) is 95.8 cm³/mol. The fourth-order valence-electron chi connectivity index (χ4n) is 8.53. The maximum atomic E-state index is 11.9. The van der Waals surface area contributed by atoms with Gasteiger partial charge in [0.25, 0.3) is 0 Å². The number of hydrogen-bond acceptors (Lipinski definition) is 3. The fraction of sp³-hybridized carbons (Fsp3) is 0.955. The number of aliphatic hydroxyl groups excluding tert-OH is 1. The molecule has 0 bridgehead atoms. The number of rotatable bonds is 0. The van der Waals surface area contributed by atoms with Crippen molar-refractivity contribution in [2.75, 3.05) is 0 Å². The van der Waals surface area contributed by atoms with Crippen LogP contribution in [-0.4, -0.2) is 22.8 Å². The van der Waals surface area contributed by atoms with Crippen LogP contribution in [0.5, 0.6) is 0 Å². The number of carbonyl (C=O) groups is 1. The molecule has 5 aliphatic rings. The van der Waals surface area contributed by atoms with E-state index in [1.54, 1.807) is 0 Å². The van der Waals surface area contributed by atoms with E-state index in [-0.39, 0.29) is 23.1 Å². The molecule has 0 unspecified atom stereocenters. The molecule has 1 N–H and O–H groups in total. The van der Waals surface area contributed by atoms with E-state index < -0.39 is 0 Å². The van der Waals surface area contributed by atoms with Crippen LogP contribution < -0.4 is 0 Å². The molecule has 5 rings (SSSR count). The molecule has 1 spiro atoms. The first-order chi connectivity index (χ1) is 11.9. The van der Waals surface area contributed by atoms with Gasteiger partial charge in [0.2, 0.25) is 0 Å². The highest BCUT2D eigenvalue weighted by atomic mass is 16.6. The zero-order chi connectivity index (χ0) is 17.4. The summed E-state index contributed by atoms with van der Waals surface area (Å²) in [6, 6.07) is 0. The van der Waals surface area contributed by atoms with Gasteiger partial charge in [-0.1, -0.05) is 13.8 Å². The highest BCUT2D eigenvalue weighted by Crippen LogP contribution is 2.70. The van der Waals surface area contributed by atoms with Crippen LogP contribution in [0.1, 0.15) is 84.5 Å². The molecule has 4 saturated carbocycles. The van der Waals surface area contributed by atoms with Gasteiger partial charge in [-0.05, 0) is 93.3 Å². The van der Waals surface area contributed by atoms with Crippen LogP contribution >= 0.6 is 0 Å². The van der Waals surface area contributed by atoms with E-state index in [4.69, 9.17) is 4.74 Å². The molecule has 4 aliphatic carbocycles. The first-order valence-corrected chi connectivity index (χ1v) is 10.8. The number of hydrogen-bond donors (Lipinski definition) is 1. The lowest BCUT2D eigenvalue weighted by Gasteiger charge is -2.61. The van der Waals surface area contributed by atoms with Crippen molar-refractivity contribution in [3.8, 4) is 0 Å². The van der Waals surface area contributed by atoms with Crippen molar-refractivity contribution in [2.24, 2.45) is 34.5 Å². The summed E-state index contributed by atoms with van der Waals surface area (Å²) in [6.07, 6.45) is 12.3. The predicted octanol–water partition coefficient (Wildman–Crippen LogP) is 4.47. The van der Waals surface area contributed by atoms with Gasteiger partial charge in [-0.3, -0.25) is 4.79 Å². The molecule has 0 radical (unpaired) electrons. The Balaban J connectivity index is 1.45. The van der Waals surface area contributed by atoms with E-state index in [9.17, 15) is 9.90 Å². The zero-order valence-electron chi connectivity index (χ0n) is 15.9. The van der Waals surface area contributed by atoms with Crippen molar-refractivity contribution >= 4 is 5.97 Å². The summed E-state index contributed by atoms with van der Waals surface area (Å²) >= 11 is 0. The van der Waals surface area contributed by atoms with E-state index in [0.717, 1.165) is 49.4 Å². The minimum absolute atomic E-state index is 0.0425. The summed E-state index contributed by atoms with van der Waals surface area (Å²) in [5.41, 5.74) is 0.503. The first kappa shape index (κ1) is 16.6. The van der Waals surface area contributed by atoms with Gasteiger partial charge in [0, 0.05) is 11.8 Å². The Kier molecular flexibility index (Phi) is 3.48. The van der Waals surface area contributed by atoms with Crippen molar-refractivity contribution in [3.05, 3.63) is 0 Å². The summed E-state index contributed by atoms with van der Waals surface area (Å²) in [4.78, 5) is 11.9. The summed E-state index contributed by atoms with van der Waals surface area (Å²) in [5, 5.41) is 10.2. The number of ether oxygens (including phenoxy) is 1. The van der Waals surface area contributed by atoms with Gasteiger partial charge < -0.3 is 9.84 Å². The SMILES string of the molecule is C[C@]12CC[C@@H](O)C[C@H]1CC[C@@H]1[C@@H]2CC[C@@]2(C)[C@H]1CC[C@@]21CCC(=O)O1. The fourth-order valence-corrected chi connectivity index (χ4v) is 8.53. The largest absolute Gasteiger partial charge is 0.458 e. The van der Waals surface area contributed by atoms with Crippen molar-refractivity contribution in [3.63, 3.8) is 0 Å². The minimum atomic E-state index is -0.139. The topological polar surface area (TPSA) is 46.5 Å². The standard InChI is InChI=1S/C22H34O3/c1-20-9-5-15(23)13-14(20)3-4-16-17(20)6-10-21(2)18(16)7-11-22(21)12-8-19(24)25-22/h14-18,23H,3-13H2,1-2H3/t14-,15-,16-,17+,18+,20+,21+,22-/m1/s1. The van der Waals surface area contributed by atoms with Crippen LogP contribution in [0, 0.1) is 34.5 Å². The second-order valence-corrected chi connectivity index (χ2v) is 10.5. The Bertz CT molecular complexity index is 588. The van der Waals surface area contributed by atoms with Crippen molar-refractivity contribution in [2.45, 2.75) is 96.2 Å². The van der Waals surface area contributed by atoms with E-state index in [1.807, 2.05) is 0 Å². The smallest absolute Gasteiger partial charge is 0.306 e. The van der Waals surface area contributed by atoms with E-state index in [2.05, 4.69) is 13.8 Å². The van der Waals surface area contributed by atoms with Gasteiger partial charge in [-0.15, -0.1) is 0 Å². The van der Waals surface area contributed by atoms with Crippen molar-refractivity contribution in [1.29, 1.82) is 0 Å². The molecule has 3 nitrogen and oxygen atoms in total. The van der Waals surface area contributed by atoms with Crippen molar-refractivity contribution in [1.82, 2.24) is 0 Å². The Morgan fingerprint density at radius 3 is 2.52 bits per heavy atom. The number of fused-ring (bicyclic) bond motifs is 6. The number of esters is 1. The molecule has 1 heterocycles. The second kappa shape index (κ2) is 5.24. The molecule has 0 aromatic carbocycles. The summed E-state index contributed by atoms with van der Waals surface area (Å²) in [5.74, 6) is 3.14. The molecule has 5 fully saturated rings. The minimum Gasteiger partial charge on any atom is -0.458 e. The lowest BCUT2D eigenvalue weighted by Crippen LogP contribution is -2.56. The molecule has 0 aromatic heterocycles. The van der Waals surface area contributed by atoms with E-state index in [0.29, 0.717) is 11.8 Å². The highest BCUT2D eigenvalue weighted by Gasteiger charge is 2.67. The lowest BCUT2D eigenvalue weighted by atomic mass is 9.44. The summed E-state index contributed by atoms with van der Waals surface area (Å²) < 4.78 is 6.04. The van der Waals surface area contributed by atoms with Gasteiger partial charge in [-0.2, -0.15) is 0 Å². The molecule has 8 atom stereocenters. The summed E-state index contributed by atoms with van der Waals surface area (Å²) in [7, 11) is 0. The third-order valence-corrected chi connectivity index (χ3v) is 9.97. The third kappa shape index (κ3) is 2.05. The average Bonchev–Trinajstić information content (AvgIpc) is 3.10. The normalized spacial score (nSPS) is 57.7. The van der Waals surface area contributed by atoms with Crippen LogP contribution in [0.3, 0.4) is 0 Å². The third-order valence-electron chi connectivity index (χ3n) is 9.97. The quantitative estimate of drug-likeness (QED) is 0.659. The Labute approximate surface area is 151 Å². The Morgan fingerprint density at radius 1 is 0.960 bits per heavy atom. The zero-order valence-corrected chi connectivity index (χ0v) is 15.9. The van der Waals surface area contributed by atoms with Crippen LogP contribution in [0.15, 0.2) is 0 Å². The van der Waals surface area contributed by atoms with Gasteiger partial charge in [0.05, 0.1) is 6.10 Å². The number of carbonyl (C=O) groups excluding carboxylic acids is 1. The molecule has 25 heavy (non-hydrogen) atoms. The highest BCUT2D eigenvalue weighted by molar-refractivity contribution is 5.72. The molecule has 1 aliphatic heterocycles. The van der Waals surface area contributed by atoms with Gasteiger partial charge in [0.15, 0.2) is 0 Å². The van der Waals surface area contributed by atoms with Crippen LogP contribution in [0.4, 0.5) is 0 Å². The molecule has 140 valence electrons. The second-order valence-electron chi connectivity index (χ2n) is 10.5. The van der Waals surface area contributed by atoms with E-state index >= 15 is 0 Å². The van der Waals surface area contributed by atoms with Crippen LogP contribution in [-0.2, 0) is 9.53 Å². The molecular weight excluding hydrogens is 312 g/mol. The van der Waals surface area contributed by atoms with Crippen LogP contribution in [0.25, 0.3) is 0 Å². The van der Waals surface area contributed by atoms with Gasteiger partial charge >= 0.3 is 5.97 Å². The van der Waals surface area contributed by atoms with Gasteiger partial charge in [-0.25, -0.2) is 0 Å². The number of aliphatic hydroxyl groups is 1. The molecule has 1 saturated heterocycles. The maximum absolute atomic E-state index is 11.9. The average molecular weight is 347 g/mol. The van der Waals surface area contributed by atoms with E-state index in [1.165, 1.54) is 38.5 Å². The molecular formula is C22H34O3. The molecule has 3 heteroatoms. The van der Waals surface area contributed by atoms with Crippen LogP contribution in [0.2, 0.25) is 0 Å². The Morgan fingerprint density at radius 2 is 1.76 bits per heavy atom. The Hall–Kier alpha value is -0.570. The lowest BCUT2D eigenvalue weighted by molar-refractivity contribution is -0.176.